The number of nitrogens with zero attached hydrogens (tertiary/aromatic N) is 1. The second-order valence-electron chi connectivity index (χ2n) is 6.80. The van der Waals surface area contributed by atoms with Gasteiger partial charge < -0.3 is 26.4 Å². The van der Waals surface area contributed by atoms with Gasteiger partial charge in [-0.05, 0) is 18.6 Å². The number of rotatable bonds is 7. The van der Waals surface area contributed by atoms with Gasteiger partial charge >= 0.3 is 5.97 Å². The molecule has 1 fully saturated rings. The number of hydrogen-bond acceptors (Lipinski definition) is 6. The quantitative estimate of drug-likeness (QED) is 0.450. The molecule has 0 radical (unpaired) electrons. The molecule has 5 N–H and O–H groups in total. The Morgan fingerprint density at radius 3 is 2.62 bits per heavy atom. The van der Waals surface area contributed by atoms with Crippen molar-refractivity contribution >= 4 is 41.4 Å². The number of amides is 4. The number of thioether (sulfide) groups is 1. The highest BCUT2D eigenvalue weighted by molar-refractivity contribution is 7.99. The molecule has 0 spiro atoms. The topological polar surface area (TPSA) is 159 Å². The Balaban J connectivity index is 1.63. The predicted octanol–water partition coefficient (Wildman–Crippen LogP) is -0.794. The van der Waals surface area contributed by atoms with E-state index in [1.54, 1.807) is 12.1 Å². The third-order valence-corrected chi connectivity index (χ3v) is 6.07. The monoisotopic (exact) mass is 420 g/mol. The van der Waals surface area contributed by atoms with Gasteiger partial charge in [0, 0.05) is 11.3 Å². The van der Waals surface area contributed by atoms with Crippen LogP contribution < -0.4 is 16.4 Å². The highest BCUT2D eigenvalue weighted by Gasteiger charge is 2.48. The fourth-order valence-electron chi connectivity index (χ4n) is 3.32. The Labute approximate surface area is 170 Å². The Morgan fingerprint density at radius 2 is 1.97 bits per heavy atom. The Bertz CT molecular complexity index is 891. The molecule has 2 aliphatic rings. The summed E-state index contributed by atoms with van der Waals surface area (Å²) in [5.41, 5.74) is 6.40. The molecule has 2 aliphatic heterocycles. The number of carbonyl (C=O) groups is 5. The average molecular weight is 420 g/mol. The number of carboxylic acid groups (broad SMARTS) is 1. The molecule has 3 rings (SSSR count). The maximum Gasteiger partial charge on any atom is 0.326 e. The number of hydrogen-bond donors (Lipinski definition) is 4. The van der Waals surface area contributed by atoms with Crippen LogP contribution in [0.25, 0.3) is 0 Å². The van der Waals surface area contributed by atoms with Gasteiger partial charge in [0.05, 0.1) is 6.42 Å². The lowest BCUT2D eigenvalue weighted by Gasteiger charge is -2.24. The Morgan fingerprint density at radius 1 is 1.28 bits per heavy atom. The van der Waals surface area contributed by atoms with E-state index in [4.69, 9.17) is 10.8 Å². The largest absolute Gasteiger partial charge is 0.480 e. The van der Waals surface area contributed by atoms with E-state index in [1.165, 1.54) is 23.6 Å². The number of benzene rings is 1. The molecule has 1 aromatic rings. The minimum absolute atomic E-state index is 0.236. The molecular formula is C18H20N4O6S. The molecule has 29 heavy (non-hydrogen) atoms. The summed E-state index contributed by atoms with van der Waals surface area (Å²) in [6.45, 7) is 1.39. The van der Waals surface area contributed by atoms with Crippen molar-refractivity contribution in [1.82, 2.24) is 15.5 Å². The van der Waals surface area contributed by atoms with Gasteiger partial charge in [0.25, 0.3) is 5.91 Å². The summed E-state index contributed by atoms with van der Waals surface area (Å²) in [4.78, 5) is 61.2. The first-order valence-corrected chi connectivity index (χ1v) is 9.90. The molecule has 4 amide bonds. The smallest absolute Gasteiger partial charge is 0.326 e. The fourth-order valence-corrected chi connectivity index (χ4v) is 4.78. The summed E-state index contributed by atoms with van der Waals surface area (Å²) in [6, 6.07) is 3.86. The van der Waals surface area contributed by atoms with Crippen LogP contribution in [0.1, 0.15) is 34.6 Å². The van der Waals surface area contributed by atoms with Crippen molar-refractivity contribution in [2.45, 2.75) is 36.8 Å². The number of nitrogens with one attached hydrogen (secondary N) is 2. The van der Waals surface area contributed by atoms with E-state index in [9.17, 15) is 24.0 Å². The lowest BCUT2D eigenvalue weighted by atomic mass is 10.1. The number of nitrogens with two attached hydrogens (primary N) is 1. The summed E-state index contributed by atoms with van der Waals surface area (Å²) in [5.74, 6) is -3.43. The standard InChI is InChI=1S/C18H20N4O6S/c1-8(14(24)21-11(18(27)28)6-13(19)23)20-15(25)12-7-29-17-10-5-3-2-4-9(10)16(26)22(12)17/h2-5,8,11-12,17H,6-7H2,1H3,(H2,19,23)(H,20,25)(H,21,24)(H,27,28). The summed E-state index contributed by atoms with van der Waals surface area (Å²) in [7, 11) is 0. The Kier molecular flexibility index (Phi) is 5.78. The van der Waals surface area contributed by atoms with Crippen LogP contribution in [0, 0.1) is 0 Å². The maximum absolute atomic E-state index is 12.7. The number of fused-ring (bicyclic) bond motifs is 3. The lowest BCUT2D eigenvalue weighted by molar-refractivity contribution is -0.143. The van der Waals surface area contributed by atoms with Gasteiger partial charge in [-0.25, -0.2) is 4.79 Å². The molecular weight excluding hydrogens is 400 g/mol. The van der Waals surface area contributed by atoms with Crippen LogP contribution in [0.3, 0.4) is 0 Å². The van der Waals surface area contributed by atoms with E-state index in [-0.39, 0.29) is 11.3 Å². The molecule has 0 bridgehead atoms. The summed E-state index contributed by atoms with van der Waals surface area (Å²) in [5, 5.41) is 13.5. The lowest BCUT2D eigenvalue weighted by Crippen LogP contribution is -2.54. The van der Waals surface area contributed by atoms with Crippen LogP contribution >= 0.6 is 11.8 Å². The number of carboxylic acids is 1. The van der Waals surface area contributed by atoms with Crippen molar-refractivity contribution in [2.75, 3.05) is 5.75 Å². The van der Waals surface area contributed by atoms with Gasteiger partial charge in [0.15, 0.2) is 0 Å². The van der Waals surface area contributed by atoms with Crippen LogP contribution in [0.15, 0.2) is 24.3 Å². The van der Waals surface area contributed by atoms with Crippen LogP contribution in [-0.4, -0.2) is 63.5 Å². The molecule has 11 heteroatoms. The van der Waals surface area contributed by atoms with Gasteiger partial charge in [-0.3, -0.25) is 19.2 Å². The van der Waals surface area contributed by atoms with Crippen LogP contribution in [0.2, 0.25) is 0 Å². The summed E-state index contributed by atoms with van der Waals surface area (Å²) < 4.78 is 0. The minimum atomic E-state index is -1.49. The molecule has 1 aromatic carbocycles. The van der Waals surface area contributed by atoms with Crippen molar-refractivity contribution in [3.8, 4) is 0 Å². The van der Waals surface area contributed by atoms with E-state index in [0.717, 1.165) is 5.56 Å². The second kappa shape index (κ2) is 8.11. The molecule has 154 valence electrons. The highest BCUT2D eigenvalue weighted by Crippen LogP contribution is 2.48. The van der Waals surface area contributed by atoms with Gasteiger partial charge in [-0.2, -0.15) is 0 Å². The van der Waals surface area contributed by atoms with Crippen molar-refractivity contribution in [3.05, 3.63) is 35.4 Å². The molecule has 10 nitrogen and oxygen atoms in total. The SMILES string of the molecule is CC(NC(=O)C1CSC2c3ccccc3C(=O)N12)C(=O)NC(CC(N)=O)C(=O)O. The second-order valence-corrected chi connectivity index (χ2v) is 7.91. The van der Waals surface area contributed by atoms with Gasteiger partial charge in [0.1, 0.15) is 23.5 Å². The average Bonchev–Trinajstić information content (AvgIpc) is 3.21. The van der Waals surface area contributed by atoms with Crippen LogP contribution in [0.5, 0.6) is 0 Å². The molecule has 0 aromatic heterocycles. The third kappa shape index (κ3) is 4.04. The number of primary amides is 1. The zero-order valence-electron chi connectivity index (χ0n) is 15.5. The normalized spacial score (nSPS) is 21.7. The third-order valence-electron chi connectivity index (χ3n) is 4.77. The van der Waals surface area contributed by atoms with Gasteiger partial charge in [0.2, 0.25) is 17.7 Å². The fraction of sp³-hybridized carbons (Fsp3) is 0.389. The zero-order chi connectivity index (χ0) is 21.3. The molecule has 1 saturated heterocycles. The summed E-state index contributed by atoms with van der Waals surface area (Å²) >= 11 is 1.47. The number of aliphatic carboxylic acids is 1. The van der Waals surface area contributed by atoms with E-state index in [0.29, 0.717) is 11.3 Å². The molecule has 0 aliphatic carbocycles. The van der Waals surface area contributed by atoms with Gasteiger partial charge in [-0.15, -0.1) is 11.8 Å². The van der Waals surface area contributed by atoms with Crippen molar-refractivity contribution in [3.63, 3.8) is 0 Å². The van der Waals surface area contributed by atoms with Crippen LogP contribution in [0.4, 0.5) is 0 Å². The van der Waals surface area contributed by atoms with E-state index >= 15 is 0 Å². The number of carbonyl (C=O) groups excluding carboxylic acids is 4. The minimum Gasteiger partial charge on any atom is -0.480 e. The maximum atomic E-state index is 12.7. The van der Waals surface area contributed by atoms with Crippen molar-refractivity contribution in [2.24, 2.45) is 5.73 Å². The van der Waals surface area contributed by atoms with Crippen LogP contribution in [-0.2, 0) is 19.2 Å². The van der Waals surface area contributed by atoms with E-state index in [2.05, 4.69) is 10.6 Å². The summed E-state index contributed by atoms with van der Waals surface area (Å²) in [6.07, 6.45) is -0.566. The first kappa shape index (κ1) is 20.6. The van der Waals surface area contributed by atoms with E-state index in [1.807, 2.05) is 12.1 Å². The van der Waals surface area contributed by atoms with Crippen molar-refractivity contribution < 1.29 is 29.1 Å². The Hall–Kier alpha value is -3.08. The molecule has 0 saturated carbocycles. The van der Waals surface area contributed by atoms with E-state index < -0.39 is 48.2 Å². The first-order valence-electron chi connectivity index (χ1n) is 8.85. The molecule has 4 unspecified atom stereocenters. The predicted molar refractivity (Wildman–Crippen MR) is 103 cm³/mol. The molecule has 4 atom stereocenters. The molecule has 2 heterocycles. The highest BCUT2D eigenvalue weighted by atomic mass is 32.2. The first-order chi connectivity index (χ1) is 13.7. The van der Waals surface area contributed by atoms with Crippen molar-refractivity contribution in [1.29, 1.82) is 0 Å². The zero-order valence-corrected chi connectivity index (χ0v) is 16.3. The van der Waals surface area contributed by atoms with Gasteiger partial charge in [-0.1, -0.05) is 18.2 Å².